The van der Waals surface area contributed by atoms with E-state index in [2.05, 4.69) is 15.8 Å². The number of hydrogen-bond acceptors (Lipinski definition) is 9. The molecule has 0 bridgehead atoms. The molecule has 13 heteroatoms. The van der Waals surface area contributed by atoms with Crippen LogP contribution in [0.5, 0.6) is 0 Å². The van der Waals surface area contributed by atoms with Gasteiger partial charge in [0, 0.05) is 13.0 Å². The molecule has 4 aliphatic heterocycles. The van der Waals surface area contributed by atoms with Crippen molar-refractivity contribution >= 4 is 46.4 Å². The summed E-state index contributed by atoms with van der Waals surface area (Å²) in [4.78, 5) is 54.6. The number of anilines is 2. The first-order valence-corrected chi connectivity index (χ1v) is 12.8. The third-order valence-electron chi connectivity index (χ3n) is 8.69. The van der Waals surface area contributed by atoms with Crippen LogP contribution >= 0.6 is 0 Å². The Labute approximate surface area is 215 Å². The quantitative estimate of drug-likeness (QED) is 0.533. The summed E-state index contributed by atoms with van der Waals surface area (Å²) in [5.41, 5.74) is -1.92. The molecule has 0 unspecified atom stereocenters. The highest BCUT2D eigenvalue weighted by Gasteiger charge is 2.63. The van der Waals surface area contributed by atoms with Crippen molar-refractivity contribution in [3.8, 4) is 0 Å². The van der Waals surface area contributed by atoms with Crippen molar-refractivity contribution < 1.29 is 37.6 Å². The number of urea groups is 1. The minimum Gasteiger partial charge on any atom is -0.441 e. The zero-order valence-electron chi connectivity index (χ0n) is 20.8. The van der Waals surface area contributed by atoms with E-state index >= 15 is 4.39 Å². The molecule has 1 aromatic carbocycles. The summed E-state index contributed by atoms with van der Waals surface area (Å²) in [7, 11) is 0. The van der Waals surface area contributed by atoms with Crippen LogP contribution in [0.2, 0.25) is 0 Å². The lowest BCUT2D eigenvalue weighted by atomic mass is 9.66. The van der Waals surface area contributed by atoms with Gasteiger partial charge in [-0.1, -0.05) is 5.16 Å². The van der Waals surface area contributed by atoms with E-state index in [0.29, 0.717) is 5.56 Å². The van der Waals surface area contributed by atoms with Gasteiger partial charge >= 0.3 is 12.1 Å². The standard InChI is InChI=1S/C25H26FN5O7/c1-11-9-30-16-13(8-25(18(30)12(2)36-11)20(32)27-22(34)28-21(25)33)7-14-17(15(16)26)38-29-19(14)31-10-24(37-23(31)35)5-3-4-6-24/h7,11-12,18H,3-6,8-10H2,1-2H3,(H2,27,28,32,33,34)/t11-,12+,18-/m1/s1. The number of carbonyl (C=O) groups is 4. The van der Waals surface area contributed by atoms with E-state index in [9.17, 15) is 19.2 Å². The fourth-order valence-corrected chi connectivity index (χ4v) is 7.20. The Morgan fingerprint density at radius 2 is 1.82 bits per heavy atom. The van der Waals surface area contributed by atoms with Gasteiger partial charge in [0.25, 0.3) is 0 Å². The number of ether oxygens (including phenoxy) is 2. The number of nitrogens with one attached hydrogen (secondary N) is 2. The second-order valence-electron chi connectivity index (χ2n) is 11.1. The second kappa shape index (κ2) is 7.65. The number of amides is 5. The van der Waals surface area contributed by atoms with Crippen molar-refractivity contribution in [1.29, 1.82) is 0 Å². The minimum absolute atomic E-state index is 0.128. The van der Waals surface area contributed by atoms with E-state index in [1.807, 2.05) is 6.92 Å². The van der Waals surface area contributed by atoms with Crippen molar-refractivity contribution in [2.45, 2.75) is 69.8 Å². The number of imide groups is 2. The van der Waals surface area contributed by atoms with E-state index in [1.54, 1.807) is 17.9 Å². The molecular weight excluding hydrogens is 501 g/mol. The summed E-state index contributed by atoms with van der Waals surface area (Å²) in [6, 6.07) is -0.173. The second-order valence-corrected chi connectivity index (χ2v) is 11.1. The summed E-state index contributed by atoms with van der Waals surface area (Å²) in [6.07, 6.45) is 1.66. The molecule has 12 nitrogen and oxygen atoms in total. The highest BCUT2D eigenvalue weighted by atomic mass is 19.1. The van der Waals surface area contributed by atoms with Gasteiger partial charge < -0.3 is 18.9 Å². The molecule has 3 atom stereocenters. The predicted octanol–water partition coefficient (Wildman–Crippen LogP) is 2.13. The Kier molecular flexibility index (Phi) is 4.71. The van der Waals surface area contributed by atoms with Crippen molar-refractivity contribution in [2.75, 3.05) is 22.9 Å². The summed E-state index contributed by atoms with van der Waals surface area (Å²) in [6.45, 7) is 4.02. The van der Waals surface area contributed by atoms with Crippen LogP contribution in [0.1, 0.15) is 45.1 Å². The molecule has 200 valence electrons. The van der Waals surface area contributed by atoms with E-state index in [1.165, 1.54) is 4.90 Å². The Morgan fingerprint density at radius 1 is 1.11 bits per heavy atom. The summed E-state index contributed by atoms with van der Waals surface area (Å²) in [5.74, 6) is -2.11. The Bertz CT molecular complexity index is 1410. The third-order valence-corrected chi connectivity index (χ3v) is 8.69. The van der Waals surface area contributed by atoms with Crippen LogP contribution in [0.4, 0.5) is 25.5 Å². The zero-order chi connectivity index (χ0) is 26.6. The van der Waals surface area contributed by atoms with Crippen LogP contribution in [0.25, 0.3) is 11.0 Å². The van der Waals surface area contributed by atoms with Crippen molar-refractivity contribution in [2.24, 2.45) is 5.41 Å². The number of benzene rings is 1. The first-order valence-electron chi connectivity index (χ1n) is 12.8. The number of aromatic nitrogens is 1. The molecule has 7 rings (SSSR count). The highest BCUT2D eigenvalue weighted by Crippen LogP contribution is 2.50. The average molecular weight is 528 g/mol. The van der Waals surface area contributed by atoms with Crippen LogP contribution < -0.4 is 20.4 Å². The van der Waals surface area contributed by atoms with E-state index < -0.39 is 52.9 Å². The van der Waals surface area contributed by atoms with Crippen LogP contribution in [0.15, 0.2) is 10.6 Å². The molecule has 1 aromatic heterocycles. The van der Waals surface area contributed by atoms with Crippen LogP contribution in [-0.4, -0.2) is 66.0 Å². The molecule has 5 heterocycles. The summed E-state index contributed by atoms with van der Waals surface area (Å²) in [5, 5.41) is 8.73. The van der Waals surface area contributed by atoms with Gasteiger partial charge in [0.2, 0.25) is 17.4 Å². The van der Waals surface area contributed by atoms with Gasteiger partial charge in [0.05, 0.1) is 35.9 Å². The van der Waals surface area contributed by atoms with E-state index in [0.717, 1.165) is 25.7 Å². The molecule has 38 heavy (non-hydrogen) atoms. The van der Waals surface area contributed by atoms with Gasteiger partial charge in [-0.25, -0.2) is 14.0 Å². The lowest BCUT2D eigenvalue weighted by molar-refractivity contribution is -0.153. The van der Waals surface area contributed by atoms with E-state index in [4.69, 9.17) is 14.0 Å². The molecule has 2 spiro atoms. The molecule has 3 saturated heterocycles. The molecule has 0 radical (unpaired) electrons. The molecular formula is C25H26FN5O7. The fourth-order valence-electron chi connectivity index (χ4n) is 7.20. The molecule has 2 N–H and O–H groups in total. The number of rotatable bonds is 1. The van der Waals surface area contributed by atoms with Crippen LogP contribution in [0.3, 0.4) is 0 Å². The molecule has 5 amide bonds. The van der Waals surface area contributed by atoms with Crippen LogP contribution in [-0.2, 0) is 25.5 Å². The van der Waals surface area contributed by atoms with Gasteiger partial charge in [-0.05, 0) is 51.2 Å². The number of morpholine rings is 1. The summed E-state index contributed by atoms with van der Waals surface area (Å²) < 4.78 is 33.4. The Hall–Kier alpha value is -3.74. The van der Waals surface area contributed by atoms with Crippen molar-refractivity contribution in [3.63, 3.8) is 0 Å². The Morgan fingerprint density at radius 3 is 2.53 bits per heavy atom. The first-order chi connectivity index (χ1) is 18.1. The SMILES string of the molecule is C[C@@H]1CN2c3c(cc4c(N5CC6(CCCC6)OC5=O)noc4c3F)CC3(C(=O)NC(=O)NC3=O)[C@H]2[C@H](C)O1. The van der Waals surface area contributed by atoms with Gasteiger partial charge in [0.1, 0.15) is 5.60 Å². The molecule has 2 aromatic rings. The number of fused-ring (bicyclic) bond motifs is 5. The minimum atomic E-state index is -1.75. The maximum atomic E-state index is 16.3. The molecule has 1 aliphatic carbocycles. The van der Waals surface area contributed by atoms with Crippen molar-refractivity contribution in [3.05, 3.63) is 17.4 Å². The monoisotopic (exact) mass is 527 g/mol. The number of carbonyl (C=O) groups excluding carboxylic acids is 4. The zero-order valence-corrected chi connectivity index (χ0v) is 20.8. The number of hydrogen-bond donors (Lipinski definition) is 2. The molecule has 1 saturated carbocycles. The maximum absolute atomic E-state index is 16.3. The Balaban J connectivity index is 1.39. The number of barbiturate groups is 1. The lowest BCUT2D eigenvalue weighted by Crippen LogP contribution is -2.75. The van der Waals surface area contributed by atoms with E-state index in [-0.39, 0.29) is 48.1 Å². The van der Waals surface area contributed by atoms with Gasteiger partial charge in [0.15, 0.2) is 17.1 Å². The average Bonchev–Trinajstić information content (AvgIpc) is 3.55. The van der Waals surface area contributed by atoms with Gasteiger partial charge in [-0.3, -0.25) is 25.1 Å². The number of halogens is 1. The van der Waals surface area contributed by atoms with Gasteiger partial charge in [-0.15, -0.1) is 0 Å². The largest absolute Gasteiger partial charge is 0.441 e. The smallest absolute Gasteiger partial charge is 0.416 e. The van der Waals surface area contributed by atoms with Crippen LogP contribution in [0, 0.1) is 11.2 Å². The van der Waals surface area contributed by atoms with Gasteiger partial charge in [-0.2, -0.15) is 0 Å². The topological polar surface area (TPSA) is 143 Å². The molecule has 5 aliphatic rings. The highest BCUT2D eigenvalue weighted by molar-refractivity contribution is 6.20. The third kappa shape index (κ3) is 2.96. The number of nitrogens with zero attached hydrogens (tertiary/aromatic N) is 3. The maximum Gasteiger partial charge on any atom is 0.416 e. The summed E-state index contributed by atoms with van der Waals surface area (Å²) >= 11 is 0. The lowest BCUT2D eigenvalue weighted by Gasteiger charge is -2.55. The fraction of sp³-hybridized carbons (Fsp3) is 0.560. The first kappa shape index (κ1) is 23.4. The normalized spacial score (nSPS) is 29.5. The van der Waals surface area contributed by atoms with Crippen molar-refractivity contribution in [1.82, 2.24) is 15.8 Å². The molecule has 4 fully saturated rings. The predicted molar refractivity (Wildman–Crippen MR) is 128 cm³/mol.